The smallest absolute Gasteiger partial charge is 0.411 e. The van der Waals surface area contributed by atoms with Crippen molar-refractivity contribution in [2.75, 3.05) is 131 Å². The number of aliphatic carboxylic acids is 1. The molecule has 10 aliphatic rings. The predicted octanol–water partition coefficient (Wildman–Crippen LogP) is 11.2. The molecule has 126 heavy (non-hydrogen) atoms. The van der Waals surface area contributed by atoms with E-state index in [1.165, 1.54) is 98.8 Å². The highest BCUT2D eigenvalue weighted by Crippen LogP contribution is 2.32. The van der Waals surface area contributed by atoms with Crippen LogP contribution in [-0.4, -0.2) is 346 Å². The number of carbonyl (C=O) groups is 10. The van der Waals surface area contributed by atoms with Crippen LogP contribution in [0.1, 0.15) is 286 Å². The number of carbonyl (C=O) groups excluding carboxylic acids is 9. The highest BCUT2D eigenvalue weighted by Gasteiger charge is 2.50. The molecular formula is C90H162N14O21S. The Bertz CT molecular complexity index is 3520. The van der Waals surface area contributed by atoms with Crippen molar-refractivity contribution >= 4 is 70.2 Å². The minimum atomic E-state index is -3.66. The first-order valence-electron chi connectivity index (χ1n) is 46.3. The molecule has 10 saturated heterocycles. The topological polar surface area (TPSA) is 420 Å². The number of aliphatic hydroxyl groups is 2. The molecule has 0 bridgehead atoms. The van der Waals surface area contributed by atoms with Crippen LogP contribution in [0.25, 0.3) is 4.85 Å². The van der Waals surface area contributed by atoms with Crippen molar-refractivity contribution in [3.63, 3.8) is 0 Å². The Hall–Kier alpha value is -7.61. The van der Waals surface area contributed by atoms with Gasteiger partial charge in [0.25, 0.3) is 10.1 Å². The summed E-state index contributed by atoms with van der Waals surface area (Å²) in [5.74, 6) is -1.17. The van der Waals surface area contributed by atoms with Crippen molar-refractivity contribution in [2.24, 2.45) is 11.7 Å². The number of rotatable bonds is 19. The van der Waals surface area contributed by atoms with E-state index in [4.69, 9.17) is 50.5 Å². The van der Waals surface area contributed by atoms with Gasteiger partial charge in [0.1, 0.15) is 64.8 Å². The average Bonchev–Trinajstić information content (AvgIpc) is 1.66. The molecule has 0 aromatic rings. The Balaban J connectivity index is 0.000000383. The van der Waals surface area contributed by atoms with E-state index < -0.39 is 123 Å². The number of ether oxygens (including phenoxy) is 5. The number of hydrogen-bond donors (Lipinski definition) is 5. The maximum Gasteiger partial charge on any atom is 0.411 e. The van der Waals surface area contributed by atoms with Gasteiger partial charge in [0.2, 0.25) is 29.7 Å². The number of nitrogens with two attached hydrogens (primary N) is 1. The summed E-state index contributed by atoms with van der Waals surface area (Å²) in [5, 5.41) is 39.2. The molecule has 10 aliphatic heterocycles. The van der Waals surface area contributed by atoms with Gasteiger partial charge in [-0.2, -0.15) is 13.7 Å². The lowest BCUT2D eigenvalue weighted by molar-refractivity contribution is -0.142. The largest absolute Gasteiger partial charge is 0.480 e. The summed E-state index contributed by atoms with van der Waals surface area (Å²) in [5.41, 5.74) is 2.60. The fourth-order valence-electron chi connectivity index (χ4n) is 15.5. The minimum absolute atomic E-state index is 0.00583. The van der Waals surface area contributed by atoms with E-state index in [1.807, 2.05) is 25.7 Å². The third kappa shape index (κ3) is 42.8. The number of carboxylic acids is 1. The Morgan fingerprint density at radius 3 is 1.02 bits per heavy atom. The van der Waals surface area contributed by atoms with E-state index in [-0.39, 0.29) is 74.6 Å². The highest BCUT2D eigenvalue weighted by molar-refractivity contribution is 7.86. The molecule has 36 heteroatoms. The lowest BCUT2D eigenvalue weighted by atomic mass is 10.1. The van der Waals surface area contributed by atoms with Crippen molar-refractivity contribution in [3.05, 3.63) is 11.4 Å². The van der Waals surface area contributed by atoms with Crippen LogP contribution < -0.4 is 11.1 Å². The molecule has 0 aromatic heterocycles. The standard InChI is InChI=1S/C15H23N3O3.C15H27N3O3.C15H26N2O6S.C14H24N2O4.C12H27N.C10H17NO5.C5H9N.C4H9N/c1-15(2,3)21-14(20)18-10-11(16-4)9-12(18)13(19)17-7-5-6-8-17;1-15(2,3)21-14(20)18-10-11(9-16)8-12(18)13(19)17-6-4-5-7-17;1-15(2,3)22-14(19)17-10-11(23-24(4,20)21)9-12(17)13(18)16-7-5-6-8-16;1-14(2,3)20-13(19)16-9-10(17)8-11(16)12(18)15-6-4-5-7-15;1-4-7-10-13(11-8-5-2)12-9-6-3;1-10(2,3)16-9(15)11-5-6(12)4-7(11)8(13)14;1-2-3-4-5-6;1-2-4-5-3-1/h11-12H,5-10H2,1-3H3;11-12H,4-10,16H2,1-3H3;11-12H,5-10H2,1-4H3;10-11,17H,4-9H2,1-3H3;4-12H2,1-3H3;6-7,12H,4-5H2,1-3H3,(H,13,14);2-4H2,1H3;5H,1-4H2/t11-,12-;2*11-,12+;10-,11+;;6-,7+;;/m0111.1../s1. The fraction of sp³-hybridized carbons (Fsp3) is 0.867. The van der Waals surface area contributed by atoms with Crippen LogP contribution in [0, 0.1) is 23.8 Å². The second-order valence-electron chi connectivity index (χ2n) is 39.1. The fourth-order valence-corrected chi connectivity index (χ4v) is 16.1. The van der Waals surface area contributed by atoms with Gasteiger partial charge in [-0.3, -0.25) is 47.9 Å². The maximum atomic E-state index is 12.7. The first-order chi connectivity index (χ1) is 58.8. The van der Waals surface area contributed by atoms with Crippen LogP contribution in [0.4, 0.5) is 24.0 Å². The average molecular weight is 1810 g/mol. The quantitative estimate of drug-likeness (QED) is 0.0347. The van der Waals surface area contributed by atoms with Gasteiger partial charge in [0, 0.05) is 84.6 Å². The molecule has 10 heterocycles. The number of nitriles is 1. The molecule has 0 radical (unpaired) electrons. The van der Waals surface area contributed by atoms with Crippen molar-refractivity contribution in [1.29, 1.82) is 5.26 Å². The number of hydrogen-bond acceptors (Lipinski definition) is 24. The van der Waals surface area contributed by atoms with Gasteiger partial charge in [-0.05, 0) is 245 Å². The molecule has 35 nitrogen and oxygen atoms in total. The summed E-state index contributed by atoms with van der Waals surface area (Å²) in [4.78, 5) is 142. The monoisotopic (exact) mass is 1810 g/mol. The van der Waals surface area contributed by atoms with Gasteiger partial charge in [-0.25, -0.2) is 35.3 Å². The number of amides is 9. The van der Waals surface area contributed by atoms with Crippen molar-refractivity contribution < 1.29 is 99.6 Å². The summed E-state index contributed by atoms with van der Waals surface area (Å²) in [6, 6.07) is -1.52. The van der Waals surface area contributed by atoms with E-state index in [2.05, 4.69) is 48.8 Å². The Morgan fingerprint density at radius 2 is 0.738 bits per heavy atom. The number of aliphatic hydroxyl groups excluding tert-OH is 2. The molecule has 9 amide bonds. The summed E-state index contributed by atoms with van der Waals surface area (Å²) in [6.07, 6.45) is 19.4. The number of nitrogens with one attached hydrogen (secondary N) is 1. The number of carboxylic acid groups (broad SMARTS) is 1. The van der Waals surface area contributed by atoms with Crippen LogP contribution in [-0.2, 0) is 62.0 Å². The third-order valence-electron chi connectivity index (χ3n) is 21.6. The zero-order valence-corrected chi connectivity index (χ0v) is 81.0. The van der Waals surface area contributed by atoms with Crippen LogP contribution in [0.5, 0.6) is 0 Å². The molecule has 0 saturated carbocycles. The molecule has 0 spiro atoms. The molecule has 0 unspecified atom stereocenters. The first kappa shape index (κ1) is 113. The Morgan fingerprint density at radius 1 is 0.444 bits per heavy atom. The second-order valence-corrected chi connectivity index (χ2v) is 40.7. The van der Waals surface area contributed by atoms with Gasteiger partial charge in [0.05, 0.1) is 56.7 Å². The summed E-state index contributed by atoms with van der Waals surface area (Å²) >= 11 is 0. The third-order valence-corrected chi connectivity index (χ3v) is 22.3. The van der Waals surface area contributed by atoms with Gasteiger partial charge >= 0.3 is 36.4 Å². The molecule has 0 aromatic carbocycles. The van der Waals surface area contributed by atoms with E-state index >= 15 is 0 Å². The molecule has 10 atom stereocenters. The Labute approximate surface area is 753 Å². The van der Waals surface area contributed by atoms with Crippen LogP contribution in [0.2, 0.25) is 0 Å². The first-order valence-corrected chi connectivity index (χ1v) is 48.1. The SMILES string of the molecule is C1CCNC1.CC(C)(C)OC(=O)N1C[C@@H](CN)C[C@H]1C(=O)N1CCCC1.CC(C)(C)OC(=O)N1C[C@H](O)C[C@H]1C(=O)N1CCCC1.CC(C)(C)OC(=O)N1C[C@H](O)C[C@H]1C(=O)O.CC(C)(C)OC(=O)N1C[C@H](OS(C)(=O)=O)C[C@H]1C(=O)N1CCCC1.CCCCC#N.CCCCN(CCCC)CCCC.[C-]#[N+][C@H]1C[C@@H](C(=O)N2CCCC2)N(C(=O)OC(C)(C)C)C1. The van der Waals surface area contributed by atoms with Crippen LogP contribution in [0.15, 0.2) is 0 Å². The maximum absolute atomic E-state index is 12.7. The van der Waals surface area contributed by atoms with Gasteiger partial charge in [-0.15, -0.1) is 0 Å². The second kappa shape index (κ2) is 54.8. The summed E-state index contributed by atoms with van der Waals surface area (Å²) in [7, 11) is -3.66. The summed E-state index contributed by atoms with van der Waals surface area (Å²) < 4.78 is 54.3. The molecule has 0 aliphatic carbocycles. The lowest BCUT2D eigenvalue weighted by Gasteiger charge is -2.30. The molecule has 6 N–H and O–H groups in total. The van der Waals surface area contributed by atoms with Gasteiger partial charge in [-0.1, -0.05) is 53.4 Å². The molecular weight excluding hydrogens is 1650 g/mol. The Kier molecular flexibility index (Phi) is 48.9. The van der Waals surface area contributed by atoms with E-state index in [0.29, 0.717) is 45.4 Å². The zero-order valence-electron chi connectivity index (χ0n) is 80.2. The molecule has 10 rings (SSSR count). The van der Waals surface area contributed by atoms with Crippen molar-refractivity contribution in [1.82, 2.24) is 54.3 Å². The lowest BCUT2D eigenvalue weighted by Crippen LogP contribution is -2.48. The van der Waals surface area contributed by atoms with Crippen LogP contribution >= 0.6 is 0 Å². The minimum Gasteiger partial charge on any atom is -0.480 e. The van der Waals surface area contributed by atoms with Crippen LogP contribution in [0.3, 0.4) is 0 Å². The molecule has 724 valence electrons. The number of β-amino-alcohol motifs (C(OH)–C–C–N with tert-alkyl or cyclic N) is 2. The number of likely N-dealkylation sites (tertiary alicyclic amines) is 9. The number of unbranched alkanes of at least 4 members (excludes halogenated alkanes) is 5. The molecule has 10 fully saturated rings. The van der Waals surface area contributed by atoms with Crippen molar-refractivity contribution in [2.45, 2.75) is 368 Å². The van der Waals surface area contributed by atoms with Gasteiger partial charge < -0.3 is 79.4 Å². The zero-order chi connectivity index (χ0) is 95.1. The van der Waals surface area contributed by atoms with Crippen molar-refractivity contribution in [3.8, 4) is 6.07 Å². The highest BCUT2D eigenvalue weighted by atomic mass is 32.2. The van der Waals surface area contributed by atoms with E-state index in [0.717, 1.165) is 121 Å². The number of nitrogens with zero attached hydrogens (tertiary/aromatic N) is 12. The van der Waals surface area contributed by atoms with E-state index in [1.54, 1.807) is 103 Å². The normalized spacial score (nSPS) is 23.5. The predicted molar refractivity (Wildman–Crippen MR) is 481 cm³/mol. The van der Waals surface area contributed by atoms with Gasteiger partial charge in [0.15, 0.2) is 0 Å². The summed E-state index contributed by atoms with van der Waals surface area (Å²) in [6.45, 7) is 56.5. The van der Waals surface area contributed by atoms with E-state index in [9.17, 15) is 66.6 Å².